The lowest BCUT2D eigenvalue weighted by molar-refractivity contribution is 0.148. The third-order valence-corrected chi connectivity index (χ3v) is 9.94. The zero-order valence-electron chi connectivity index (χ0n) is 26.6. The summed E-state index contributed by atoms with van der Waals surface area (Å²) in [5.41, 5.74) is 16.4. The van der Waals surface area contributed by atoms with Crippen molar-refractivity contribution >= 4 is 11.3 Å². The number of nitrogens with two attached hydrogens (primary N) is 1. The average Bonchev–Trinajstić information content (AvgIpc) is 3.80. The molecule has 0 spiro atoms. The number of fused-ring (bicyclic) bond motifs is 3. The number of benzene rings is 3. The fourth-order valence-electron chi connectivity index (χ4n) is 6.63. The maximum atomic E-state index is 5.67. The maximum Gasteiger partial charge on any atom is 0.118 e. The van der Waals surface area contributed by atoms with Crippen LogP contribution in [0.2, 0.25) is 0 Å². The van der Waals surface area contributed by atoms with Crippen LogP contribution in [-0.2, 0) is 13.0 Å². The molecule has 2 N–H and O–H groups in total. The van der Waals surface area contributed by atoms with Gasteiger partial charge < -0.3 is 20.1 Å². The Balaban J connectivity index is 1.36. The number of ether oxygens (including phenoxy) is 2. The monoisotopic (exact) mass is 629 g/mol. The van der Waals surface area contributed by atoms with Crippen LogP contribution in [0.25, 0.3) is 22.5 Å². The lowest BCUT2D eigenvalue weighted by Crippen LogP contribution is -2.43. The van der Waals surface area contributed by atoms with Crippen molar-refractivity contribution in [1.82, 2.24) is 19.6 Å². The van der Waals surface area contributed by atoms with E-state index in [-0.39, 0.29) is 6.04 Å². The van der Waals surface area contributed by atoms with Crippen molar-refractivity contribution in [3.63, 3.8) is 0 Å². The van der Waals surface area contributed by atoms with Gasteiger partial charge in [-0.05, 0) is 59.6 Å². The van der Waals surface area contributed by atoms with Crippen LogP contribution in [0.15, 0.2) is 78.2 Å². The quantitative estimate of drug-likeness (QED) is 0.212. The Labute approximate surface area is 275 Å². The molecule has 7 rings (SSSR count). The minimum Gasteiger partial charge on any atom is -0.497 e. The first-order valence-corrected chi connectivity index (χ1v) is 16.6. The number of thiophene rings is 1. The zero-order valence-corrected chi connectivity index (χ0v) is 27.4. The van der Waals surface area contributed by atoms with Gasteiger partial charge >= 0.3 is 0 Å². The molecule has 0 atom stereocenters. The number of nitrogens with zero attached hydrogens (tertiary/aromatic N) is 4. The number of hydrogen-bond acceptors (Lipinski definition) is 7. The molecule has 2 aliphatic rings. The van der Waals surface area contributed by atoms with Crippen LogP contribution >= 0.6 is 11.3 Å². The molecule has 46 heavy (non-hydrogen) atoms. The van der Waals surface area contributed by atoms with E-state index in [1.807, 2.05) is 24.3 Å². The predicted octanol–water partition coefficient (Wildman–Crippen LogP) is 5.90. The fraction of sp³-hybridized carbons (Fsp3) is 0.289. The molecule has 234 valence electrons. The zero-order chi connectivity index (χ0) is 31.6. The Bertz CT molecular complexity index is 1840. The second-order valence-electron chi connectivity index (χ2n) is 12.0. The van der Waals surface area contributed by atoms with E-state index in [0.717, 1.165) is 77.9 Å². The molecule has 3 heterocycles. The van der Waals surface area contributed by atoms with Crippen molar-refractivity contribution < 1.29 is 9.47 Å². The molecule has 5 aromatic rings. The Hall–Kier alpha value is -4.39. The van der Waals surface area contributed by atoms with Crippen LogP contribution in [0.4, 0.5) is 0 Å². The van der Waals surface area contributed by atoms with Crippen molar-refractivity contribution in [3.8, 4) is 45.9 Å². The molecular formula is C38H39N5O2S. The molecule has 0 amide bonds. The van der Waals surface area contributed by atoms with Crippen molar-refractivity contribution in [2.45, 2.75) is 19.0 Å². The molecule has 0 unspecified atom stereocenters. The van der Waals surface area contributed by atoms with Crippen LogP contribution in [0, 0.1) is 11.8 Å². The summed E-state index contributed by atoms with van der Waals surface area (Å²) >= 11 is 1.64. The average molecular weight is 630 g/mol. The van der Waals surface area contributed by atoms with Gasteiger partial charge in [0.05, 0.1) is 37.0 Å². The summed E-state index contributed by atoms with van der Waals surface area (Å²) in [7, 11) is 5.60. The summed E-state index contributed by atoms with van der Waals surface area (Å²) in [6.07, 6.45) is 0.841. The van der Waals surface area contributed by atoms with Crippen molar-refractivity contribution in [2.75, 3.05) is 54.0 Å². The van der Waals surface area contributed by atoms with E-state index in [2.05, 4.69) is 87.3 Å². The van der Waals surface area contributed by atoms with Gasteiger partial charge in [-0.15, -0.1) is 11.3 Å². The highest BCUT2D eigenvalue weighted by Gasteiger charge is 2.33. The summed E-state index contributed by atoms with van der Waals surface area (Å²) in [4.78, 5) is 5.97. The van der Waals surface area contributed by atoms with Gasteiger partial charge in [-0.25, -0.2) is 0 Å². The van der Waals surface area contributed by atoms with Crippen LogP contribution < -0.4 is 15.2 Å². The first-order chi connectivity index (χ1) is 22.5. The van der Waals surface area contributed by atoms with Gasteiger partial charge in [0.2, 0.25) is 0 Å². The lowest BCUT2D eigenvalue weighted by Gasteiger charge is -2.32. The standard InChI is InChI=1S/C38H39N5O2S/c1-41-17-19-42(20-18-41)24-26-6-15-34-29(21-26)23-35-36(30-22-33(46-25-30)5-4-16-39)40-43(38(34)35)37(27-7-11-31(44-2)12-8-27)28-9-13-32(45-3)14-10-28/h6-15,21-22,25,37H,16-20,23-24,39H2,1-3H3. The summed E-state index contributed by atoms with van der Waals surface area (Å²) in [6.45, 7) is 5.76. The smallest absolute Gasteiger partial charge is 0.118 e. The molecule has 3 aromatic carbocycles. The van der Waals surface area contributed by atoms with Gasteiger partial charge in [-0.3, -0.25) is 9.58 Å². The summed E-state index contributed by atoms with van der Waals surface area (Å²) in [5.74, 6) is 7.86. The molecule has 0 radical (unpaired) electrons. The van der Waals surface area contributed by atoms with E-state index in [1.165, 1.54) is 27.9 Å². The van der Waals surface area contributed by atoms with E-state index in [4.69, 9.17) is 20.3 Å². The lowest BCUT2D eigenvalue weighted by atomic mass is 9.97. The van der Waals surface area contributed by atoms with Crippen LogP contribution in [0.3, 0.4) is 0 Å². The van der Waals surface area contributed by atoms with Gasteiger partial charge in [0.1, 0.15) is 17.5 Å². The minimum atomic E-state index is -0.162. The van der Waals surface area contributed by atoms with Crippen molar-refractivity contribution in [3.05, 3.63) is 111 Å². The number of aromatic nitrogens is 2. The molecule has 1 saturated heterocycles. The van der Waals surface area contributed by atoms with Crippen molar-refractivity contribution in [1.29, 1.82) is 0 Å². The SMILES string of the molecule is COc1ccc(C(c2ccc(OC)cc2)n2nc(-c3csc(C#CCN)c3)c3c2-c2ccc(CN4CCN(C)CC4)cc2C3)cc1. The van der Waals surface area contributed by atoms with E-state index < -0.39 is 0 Å². The minimum absolute atomic E-state index is 0.162. The van der Waals surface area contributed by atoms with Gasteiger partial charge in [0, 0.05) is 61.2 Å². The Morgan fingerprint density at radius 3 is 2.20 bits per heavy atom. The topological polar surface area (TPSA) is 68.8 Å². The van der Waals surface area contributed by atoms with Crippen molar-refractivity contribution in [2.24, 2.45) is 5.73 Å². The van der Waals surface area contributed by atoms with Gasteiger partial charge in [0.15, 0.2) is 0 Å². The molecule has 0 bridgehead atoms. The number of methoxy groups -OCH3 is 2. The van der Waals surface area contributed by atoms with E-state index in [0.29, 0.717) is 6.54 Å². The molecule has 1 aliphatic heterocycles. The highest BCUT2D eigenvalue weighted by Crippen LogP contribution is 2.46. The third kappa shape index (κ3) is 5.95. The summed E-state index contributed by atoms with van der Waals surface area (Å²) < 4.78 is 13.3. The Morgan fingerprint density at radius 2 is 1.57 bits per heavy atom. The molecule has 1 aliphatic carbocycles. The second-order valence-corrected chi connectivity index (χ2v) is 12.9. The van der Waals surface area contributed by atoms with Crippen LogP contribution in [0.5, 0.6) is 11.5 Å². The maximum absolute atomic E-state index is 5.67. The summed E-state index contributed by atoms with van der Waals surface area (Å²) in [5, 5.41) is 7.60. The fourth-order valence-corrected chi connectivity index (χ4v) is 7.39. The van der Waals surface area contributed by atoms with Gasteiger partial charge in [-0.1, -0.05) is 54.3 Å². The molecule has 8 heteroatoms. The highest BCUT2D eigenvalue weighted by molar-refractivity contribution is 7.11. The van der Waals surface area contributed by atoms with Gasteiger partial charge in [0.25, 0.3) is 0 Å². The van der Waals surface area contributed by atoms with Crippen LogP contribution in [0.1, 0.15) is 38.7 Å². The molecule has 1 fully saturated rings. The highest BCUT2D eigenvalue weighted by atomic mass is 32.1. The van der Waals surface area contributed by atoms with E-state index >= 15 is 0 Å². The van der Waals surface area contributed by atoms with Gasteiger partial charge in [-0.2, -0.15) is 5.10 Å². The third-order valence-electron chi connectivity index (χ3n) is 9.10. The number of likely N-dealkylation sites (N-methyl/N-ethyl adjacent to an activating group) is 1. The predicted molar refractivity (Wildman–Crippen MR) is 186 cm³/mol. The molecule has 2 aromatic heterocycles. The first-order valence-electron chi connectivity index (χ1n) is 15.7. The number of piperazine rings is 1. The molecule has 7 nitrogen and oxygen atoms in total. The normalized spacial score (nSPS) is 14.5. The largest absolute Gasteiger partial charge is 0.497 e. The molecular weight excluding hydrogens is 591 g/mol. The Kier molecular flexibility index (Phi) is 8.65. The molecule has 0 saturated carbocycles. The second kappa shape index (κ2) is 13.1. The van der Waals surface area contributed by atoms with E-state index in [9.17, 15) is 0 Å². The van der Waals surface area contributed by atoms with E-state index in [1.54, 1.807) is 25.6 Å². The first kappa shape index (κ1) is 30.3. The Morgan fingerprint density at radius 1 is 0.891 bits per heavy atom. The number of rotatable bonds is 8. The number of hydrogen-bond donors (Lipinski definition) is 1. The summed E-state index contributed by atoms with van der Waals surface area (Å²) in [6, 6.07) is 25.7. The van der Waals surface area contributed by atoms with Crippen LogP contribution in [-0.4, -0.2) is 73.6 Å².